The fourth-order valence-corrected chi connectivity index (χ4v) is 2.02. The van der Waals surface area contributed by atoms with Crippen LogP contribution in [0.5, 0.6) is 0 Å². The third-order valence-corrected chi connectivity index (χ3v) is 3.34. The highest BCUT2D eigenvalue weighted by molar-refractivity contribution is 5.96. The molecule has 1 aromatic carbocycles. The molecule has 0 aliphatic heterocycles. The topological polar surface area (TPSA) is 177 Å². The molecule has 3 amide bonds. The van der Waals surface area contributed by atoms with Gasteiger partial charge in [-0.3, -0.25) is 19.7 Å². The summed E-state index contributed by atoms with van der Waals surface area (Å²) in [6.07, 6.45) is -0.727. The summed E-state index contributed by atoms with van der Waals surface area (Å²) in [5, 5.41) is 26.3. The number of amides is 3. The molecule has 12 heteroatoms. The number of aliphatic carboxylic acids is 1. The number of benzene rings is 1. The van der Waals surface area contributed by atoms with Crippen LogP contribution < -0.4 is 16.0 Å². The third kappa shape index (κ3) is 7.27. The van der Waals surface area contributed by atoms with Crippen LogP contribution in [0.15, 0.2) is 24.3 Å². The number of carbonyl (C=O) groups excluding carboxylic acids is 3. The number of carboxylic acid groups (broad SMARTS) is 1. The maximum atomic E-state index is 12.2. The number of hydrogen-bond acceptors (Lipinski definition) is 7. The van der Waals surface area contributed by atoms with E-state index in [9.17, 15) is 29.3 Å². The van der Waals surface area contributed by atoms with E-state index in [0.29, 0.717) is 0 Å². The minimum Gasteiger partial charge on any atom is -0.481 e. The average Bonchev–Trinajstić information content (AvgIpc) is 2.61. The van der Waals surface area contributed by atoms with Crippen LogP contribution in [0.25, 0.3) is 0 Å². The number of ether oxygens (including phenoxy) is 1. The van der Waals surface area contributed by atoms with Gasteiger partial charge < -0.3 is 25.8 Å². The van der Waals surface area contributed by atoms with E-state index in [1.165, 1.54) is 19.1 Å². The Bertz CT molecular complexity index is 750. The van der Waals surface area contributed by atoms with Gasteiger partial charge in [0.25, 0.3) is 5.69 Å². The van der Waals surface area contributed by atoms with Crippen LogP contribution in [0, 0.1) is 10.1 Å². The van der Waals surface area contributed by atoms with Crippen LogP contribution in [-0.2, 0) is 19.1 Å². The van der Waals surface area contributed by atoms with Gasteiger partial charge in [0.05, 0.1) is 18.0 Å². The molecule has 0 saturated carbocycles. The number of non-ortho nitro benzene ring substituents is 1. The van der Waals surface area contributed by atoms with E-state index in [1.807, 2.05) is 0 Å². The number of carboxylic acids is 1. The van der Waals surface area contributed by atoms with Gasteiger partial charge in [-0.25, -0.2) is 9.59 Å². The monoisotopic (exact) mass is 396 g/mol. The Kier molecular flexibility index (Phi) is 8.34. The van der Waals surface area contributed by atoms with Crippen LogP contribution >= 0.6 is 0 Å². The molecule has 1 aromatic rings. The zero-order chi connectivity index (χ0) is 21.3. The highest BCUT2D eigenvalue weighted by atomic mass is 16.6. The van der Waals surface area contributed by atoms with Crippen molar-refractivity contribution in [2.75, 3.05) is 11.9 Å². The molecule has 1 rings (SSSR count). The predicted octanol–water partition coefficient (Wildman–Crippen LogP) is 0.627. The van der Waals surface area contributed by atoms with Crippen molar-refractivity contribution in [3.63, 3.8) is 0 Å². The van der Waals surface area contributed by atoms with Crippen molar-refractivity contribution in [2.45, 2.75) is 32.4 Å². The second-order valence-electron chi connectivity index (χ2n) is 5.54. The van der Waals surface area contributed by atoms with Crippen molar-refractivity contribution >= 4 is 35.3 Å². The lowest BCUT2D eigenvalue weighted by Gasteiger charge is -2.19. The summed E-state index contributed by atoms with van der Waals surface area (Å²) < 4.78 is 4.73. The summed E-state index contributed by atoms with van der Waals surface area (Å²) in [6.45, 7) is 3.04. The molecule has 0 spiro atoms. The smallest absolute Gasteiger partial charge is 0.328 e. The second kappa shape index (κ2) is 10.4. The highest BCUT2D eigenvalue weighted by Gasteiger charge is 2.27. The van der Waals surface area contributed by atoms with Crippen molar-refractivity contribution in [3.05, 3.63) is 34.4 Å². The van der Waals surface area contributed by atoms with Crippen molar-refractivity contribution in [1.29, 1.82) is 0 Å². The van der Waals surface area contributed by atoms with E-state index < -0.39 is 47.3 Å². The molecule has 2 atom stereocenters. The first-order valence-electron chi connectivity index (χ1n) is 8.14. The van der Waals surface area contributed by atoms with E-state index in [2.05, 4.69) is 16.0 Å². The van der Waals surface area contributed by atoms with E-state index in [-0.39, 0.29) is 18.0 Å². The zero-order valence-corrected chi connectivity index (χ0v) is 15.1. The van der Waals surface area contributed by atoms with E-state index in [0.717, 1.165) is 12.1 Å². The summed E-state index contributed by atoms with van der Waals surface area (Å²) in [6, 6.07) is 1.46. The van der Waals surface area contributed by atoms with Crippen LogP contribution in [0.3, 0.4) is 0 Å². The van der Waals surface area contributed by atoms with E-state index in [1.54, 1.807) is 6.92 Å². The molecule has 0 aliphatic carbocycles. The fraction of sp³-hybridized carbons (Fsp3) is 0.375. The first-order valence-corrected chi connectivity index (χ1v) is 8.14. The van der Waals surface area contributed by atoms with Crippen LogP contribution in [0.2, 0.25) is 0 Å². The lowest BCUT2D eigenvalue weighted by molar-refractivity contribution is -0.384. The first kappa shape index (κ1) is 22.3. The Hall–Kier alpha value is -3.70. The molecule has 0 aromatic heterocycles. The van der Waals surface area contributed by atoms with Crippen molar-refractivity contribution in [3.8, 4) is 0 Å². The number of nitro benzene ring substituents is 1. The molecule has 0 radical (unpaired) electrons. The number of nitrogens with one attached hydrogen (secondary N) is 3. The molecular weight excluding hydrogens is 376 g/mol. The van der Waals surface area contributed by atoms with Gasteiger partial charge in [0.1, 0.15) is 12.1 Å². The summed E-state index contributed by atoms with van der Waals surface area (Å²) >= 11 is 0. The Morgan fingerprint density at radius 3 is 2.29 bits per heavy atom. The van der Waals surface area contributed by atoms with Crippen molar-refractivity contribution in [1.82, 2.24) is 10.6 Å². The fourth-order valence-electron chi connectivity index (χ4n) is 2.02. The van der Waals surface area contributed by atoms with Gasteiger partial charge in [-0.05, 0) is 26.0 Å². The molecule has 0 heterocycles. The van der Waals surface area contributed by atoms with Gasteiger partial charge in [-0.15, -0.1) is 0 Å². The maximum Gasteiger partial charge on any atom is 0.328 e. The molecular formula is C16H20N4O8. The highest BCUT2D eigenvalue weighted by Crippen LogP contribution is 2.15. The Labute approximate surface area is 159 Å². The second-order valence-corrected chi connectivity index (χ2v) is 5.54. The molecule has 0 saturated heterocycles. The number of hydrogen-bond donors (Lipinski definition) is 4. The largest absolute Gasteiger partial charge is 0.481 e. The maximum absolute atomic E-state index is 12.2. The molecule has 28 heavy (non-hydrogen) atoms. The molecule has 152 valence electrons. The molecule has 0 aliphatic rings. The van der Waals surface area contributed by atoms with Crippen LogP contribution in [0.4, 0.5) is 16.2 Å². The van der Waals surface area contributed by atoms with Gasteiger partial charge in [-0.1, -0.05) is 0 Å². The molecule has 0 bridgehead atoms. The van der Waals surface area contributed by atoms with Crippen molar-refractivity contribution in [2.24, 2.45) is 0 Å². The number of nitrogens with zero attached hydrogens (tertiary/aromatic N) is 1. The standard InChI is InChI=1S/C16H20N4O8/c1-3-28-15(24)9(2)17-14(23)12(8-13(21)22)19-16(25)18-10-4-6-11(7-5-10)20(26)27/h4-7,9,12H,3,8H2,1-2H3,(H,17,23)(H,21,22)(H2,18,19,25). The Morgan fingerprint density at radius 2 is 1.79 bits per heavy atom. The van der Waals surface area contributed by atoms with Gasteiger partial charge in [0.2, 0.25) is 5.91 Å². The van der Waals surface area contributed by atoms with Crippen molar-refractivity contribution < 1.29 is 33.9 Å². The number of rotatable bonds is 9. The van der Waals surface area contributed by atoms with Crippen LogP contribution in [0.1, 0.15) is 20.3 Å². The average molecular weight is 396 g/mol. The summed E-state index contributed by atoms with van der Waals surface area (Å²) in [4.78, 5) is 56.8. The van der Waals surface area contributed by atoms with Gasteiger partial charge in [0, 0.05) is 17.8 Å². The number of anilines is 1. The minimum atomic E-state index is -1.47. The first-order chi connectivity index (χ1) is 13.1. The number of nitro groups is 1. The lowest BCUT2D eigenvalue weighted by atomic mass is 10.2. The molecule has 0 fully saturated rings. The predicted molar refractivity (Wildman–Crippen MR) is 95.5 cm³/mol. The summed E-state index contributed by atoms with van der Waals surface area (Å²) in [5.41, 5.74) is 0.0134. The molecule has 12 nitrogen and oxygen atoms in total. The Morgan fingerprint density at radius 1 is 1.18 bits per heavy atom. The lowest BCUT2D eigenvalue weighted by Crippen LogP contribution is -2.52. The summed E-state index contributed by atoms with van der Waals surface area (Å²) in [5.74, 6) is -2.94. The Balaban J connectivity index is 2.74. The van der Waals surface area contributed by atoms with Gasteiger partial charge in [0.15, 0.2) is 0 Å². The van der Waals surface area contributed by atoms with Gasteiger partial charge in [-0.2, -0.15) is 0 Å². The van der Waals surface area contributed by atoms with E-state index in [4.69, 9.17) is 9.84 Å². The number of carbonyl (C=O) groups is 4. The zero-order valence-electron chi connectivity index (χ0n) is 15.1. The number of urea groups is 1. The quantitative estimate of drug-likeness (QED) is 0.267. The molecule has 4 N–H and O–H groups in total. The van der Waals surface area contributed by atoms with Gasteiger partial charge >= 0.3 is 18.0 Å². The summed E-state index contributed by atoms with van der Waals surface area (Å²) in [7, 11) is 0. The third-order valence-electron chi connectivity index (χ3n) is 3.34. The van der Waals surface area contributed by atoms with E-state index >= 15 is 0 Å². The van der Waals surface area contributed by atoms with Crippen LogP contribution in [-0.4, -0.2) is 52.6 Å². The number of esters is 1. The normalized spacial score (nSPS) is 12.2. The SMILES string of the molecule is CCOC(=O)C(C)NC(=O)C(CC(=O)O)NC(=O)Nc1ccc([N+](=O)[O-])cc1. The molecule has 2 unspecified atom stereocenters. The minimum absolute atomic E-state index is 0.105.